The van der Waals surface area contributed by atoms with Gasteiger partial charge in [-0.05, 0) is 42.6 Å². The first-order valence-electron chi connectivity index (χ1n) is 6.80. The van der Waals surface area contributed by atoms with Crippen molar-refractivity contribution in [2.75, 3.05) is 33.9 Å². The highest BCUT2D eigenvalue weighted by molar-refractivity contribution is 7.89. The highest BCUT2D eigenvalue weighted by atomic mass is 32.2. The van der Waals surface area contributed by atoms with E-state index in [4.69, 9.17) is 15.2 Å². The highest BCUT2D eigenvalue weighted by Crippen LogP contribution is 2.22. The SMILES string of the molecule is COCC(C)CNS(=O)(=O)c1ccc(OC)cc1CCN. The zero-order valence-corrected chi connectivity index (χ0v) is 13.6. The van der Waals surface area contributed by atoms with Crippen LogP contribution < -0.4 is 15.2 Å². The summed E-state index contributed by atoms with van der Waals surface area (Å²) in [7, 11) is -0.435. The van der Waals surface area contributed by atoms with Crippen LogP contribution in [0, 0.1) is 5.92 Å². The van der Waals surface area contributed by atoms with Crippen LogP contribution in [0.4, 0.5) is 0 Å². The Hall–Kier alpha value is -1.15. The Labute approximate surface area is 126 Å². The minimum absolute atomic E-state index is 0.0981. The van der Waals surface area contributed by atoms with Crippen LogP contribution in [0.1, 0.15) is 12.5 Å². The number of rotatable bonds is 9. The lowest BCUT2D eigenvalue weighted by Gasteiger charge is -2.15. The summed E-state index contributed by atoms with van der Waals surface area (Å²) in [5.74, 6) is 0.714. The van der Waals surface area contributed by atoms with E-state index < -0.39 is 10.0 Å². The van der Waals surface area contributed by atoms with E-state index in [9.17, 15) is 8.42 Å². The Balaban J connectivity index is 2.96. The smallest absolute Gasteiger partial charge is 0.240 e. The van der Waals surface area contributed by atoms with Crippen LogP contribution in [0.2, 0.25) is 0 Å². The van der Waals surface area contributed by atoms with Crippen LogP contribution in [-0.2, 0) is 21.2 Å². The lowest BCUT2D eigenvalue weighted by Crippen LogP contribution is -2.30. The number of nitrogens with one attached hydrogen (secondary N) is 1. The molecule has 0 saturated heterocycles. The van der Waals surface area contributed by atoms with Gasteiger partial charge in [-0.2, -0.15) is 0 Å². The second-order valence-corrected chi connectivity index (χ2v) is 6.66. The molecular weight excluding hydrogens is 292 g/mol. The molecule has 0 spiro atoms. The molecule has 1 rings (SSSR count). The van der Waals surface area contributed by atoms with Crippen molar-refractivity contribution in [3.8, 4) is 5.75 Å². The standard InChI is InChI=1S/C14H24N2O4S/c1-11(10-19-2)9-16-21(17,18)14-5-4-13(20-3)8-12(14)6-7-15/h4-5,8,11,16H,6-7,9-10,15H2,1-3H3. The van der Waals surface area contributed by atoms with Crippen molar-refractivity contribution >= 4 is 10.0 Å². The quantitative estimate of drug-likeness (QED) is 0.702. The van der Waals surface area contributed by atoms with Gasteiger partial charge in [0.25, 0.3) is 0 Å². The molecule has 3 N–H and O–H groups in total. The van der Waals surface area contributed by atoms with E-state index in [-0.39, 0.29) is 10.8 Å². The molecule has 0 fully saturated rings. The largest absolute Gasteiger partial charge is 0.497 e. The lowest BCUT2D eigenvalue weighted by molar-refractivity contribution is 0.161. The molecule has 0 radical (unpaired) electrons. The number of ether oxygens (including phenoxy) is 2. The minimum Gasteiger partial charge on any atom is -0.497 e. The van der Waals surface area contributed by atoms with Crippen molar-refractivity contribution in [3.63, 3.8) is 0 Å². The predicted octanol–water partition coefficient (Wildman–Crippen LogP) is 0.757. The number of methoxy groups -OCH3 is 2. The Morgan fingerprint density at radius 2 is 2.05 bits per heavy atom. The second kappa shape index (κ2) is 8.33. The van der Waals surface area contributed by atoms with E-state index >= 15 is 0 Å². The summed E-state index contributed by atoms with van der Waals surface area (Å²) in [4.78, 5) is 0.248. The van der Waals surface area contributed by atoms with Gasteiger partial charge in [0.2, 0.25) is 10.0 Å². The fourth-order valence-corrected chi connectivity index (χ4v) is 3.38. The lowest BCUT2D eigenvalue weighted by atomic mass is 10.1. The average molecular weight is 316 g/mol. The number of sulfonamides is 1. The van der Waals surface area contributed by atoms with Gasteiger partial charge in [-0.3, -0.25) is 0 Å². The van der Waals surface area contributed by atoms with E-state index in [2.05, 4.69) is 4.72 Å². The average Bonchev–Trinajstić information content (AvgIpc) is 2.45. The predicted molar refractivity (Wildman–Crippen MR) is 82.0 cm³/mol. The second-order valence-electron chi connectivity index (χ2n) is 4.92. The van der Waals surface area contributed by atoms with E-state index in [0.29, 0.717) is 37.4 Å². The van der Waals surface area contributed by atoms with Crippen molar-refractivity contribution in [2.45, 2.75) is 18.2 Å². The normalized spacial score (nSPS) is 13.1. The summed E-state index contributed by atoms with van der Waals surface area (Å²) in [5, 5.41) is 0. The Bertz CT molecular complexity index is 546. The van der Waals surface area contributed by atoms with E-state index in [1.54, 1.807) is 32.4 Å². The first-order valence-corrected chi connectivity index (χ1v) is 8.28. The van der Waals surface area contributed by atoms with Crippen molar-refractivity contribution in [1.29, 1.82) is 0 Å². The molecule has 1 aromatic carbocycles. The molecule has 0 aliphatic rings. The van der Waals surface area contributed by atoms with E-state index in [0.717, 1.165) is 0 Å². The molecule has 120 valence electrons. The molecular formula is C14H24N2O4S. The molecule has 6 nitrogen and oxygen atoms in total. The van der Waals surface area contributed by atoms with Gasteiger partial charge in [0.15, 0.2) is 0 Å². The molecule has 0 aromatic heterocycles. The van der Waals surface area contributed by atoms with Crippen LogP contribution in [-0.4, -0.2) is 42.3 Å². The molecule has 21 heavy (non-hydrogen) atoms. The molecule has 1 aromatic rings. The molecule has 0 saturated carbocycles. The van der Waals surface area contributed by atoms with E-state index in [1.807, 2.05) is 6.92 Å². The van der Waals surface area contributed by atoms with Gasteiger partial charge in [-0.25, -0.2) is 13.1 Å². The highest BCUT2D eigenvalue weighted by Gasteiger charge is 2.19. The molecule has 0 amide bonds. The van der Waals surface area contributed by atoms with Crippen LogP contribution in [0.25, 0.3) is 0 Å². The van der Waals surface area contributed by atoms with Gasteiger partial charge < -0.3 is 15.2 Å². The molecule has 0 bridgehead atoms. The number of hydrogen-bond acceptors (Lipinski definition) is 5. The first-order chi connectivity index (χ1) is 9.94. The molecule has 1 atom stereocenters. The Morgan fingerprint density at radius 3 is 2.62 bits per heavy atom. The van der Waals surface area contributed by atoms with Gasteiger partial charge in [-0.15, -0.1) is 0 Å². The molecule has 0 aliphatic carbocycles. The first kappa shape index (κ1) is 17.9. The molecule has 1 unspecified atom stereocenters. The van der Waals surface area contributed by atoms with Gasteiger partial charge >= 0.3 is 0 Å². The topological polar surface area (TPSA) is 90.6 Å². The van der Waals surface area contributed by atoms with Crippen LogP contribution in [0.15, 0.2) is 23.1 Å². The van der Waals surface area contributed by atoms with Crippen molar-refractivity contribution in [2.24, 2.45) is 11.7 Å². The fourth-order valence-electron chi connectivity index (χ4n) is 1.97. The van der Waals surface area contributed by atoms with Crippen LogP contribution in [0.5, 0.6) is 5.75 Å². The number of hydrogen-bond donors (Lipinski definition) is 2. The summed E-state index contributed by atoms with van der Waals surface area (Å²) < 4.78 is 37.5. The summed E-state index contributed by atoms with van der Waals surface area (Å²) in [6, 6.07) is 4.89. The van der Waals surface area contributed by atoms with Crippen molar-refractivity contribution < 1.29 is 17.9 Å². The molecule has 0 heterocycles. The van der Waals surface area contributed by atoms with Gasteiger partial charge in [0.05, 0.1) is 12.0 Å². The molecule has 0 aliphatic heterocycles. The Morgan fingerprint density at radius 1 is 1.33 bits per heavy atom. The summed E-state index contributed by atoms with van der Waals surface area (Å²) in [6.07, 6.45) is 0.473. The van der Waals surface area contributed by atoms with Crippen LogP contribution in [0.3, 0.4) is 0 Å². The van der Waals surface area contributed by atoms with Crippen molar-refractivity contribution in [1.82, 2.24) is 4.72 Å². The number of nitrogens with two attached hydrogens (primary N) is 1. The van der Waals surface area contributed by atoms with E-state index in [1.165, 1.54) is 0 Å². The van der Waals surface area contributed by atoms with Crippen molar-refractivity contribution in [3.05, 3.63) is 23.8 Å². The maximum atomic E-state index is 12.4. The zero-order valence-electron chi connectivity index (χ0n) is 12.8. The summed E-state index contributed by atoms with van der Waals surface area (Å²) >= 11 is 0. The summed E-state index contributed by atoms with van der Waals surface area (Å²) in [6.45, 7) is 3.11. The fraction of sp³-hybridized carbons (Fsp3) is 0.571. The third-order valence-electron chi connectivity index (χ3n) is 3.04. The number of benzene rings is 1. The maximum Gasteiger partial charge on any atom is 0.240 e. The van der Waals surface area contributed by atoms with Gasteiger partial charge in [-0.1, -0.05) is 6.92 Å². The van der Waals surface area contributed by atoms with Crippen LogP contribution >= 0.6 is 0 Å². The molecule has 7 heteroatoms. The zero-order chi connectivity index (χ0) is 15.9. The maximum absolute atomic E-state index is 12.4. The van der Waals surface area contributed by atoms with Gasteiger partial charge in [0, 0.05) is 20.3 Å². The Kier molecular flexibility index (Phi) is 7.10. The monoisotopic (exact) mass is 316 g/mol. The third kappa shape index (κ3) is 5.28. The summed E-state index contributed by atoms with van der Waals surface area (Å²) in [5.41, 5.74) is 6.21. The minimum atomic E-state index is -3.57. The van der Waals surface area contributed by atoms with Gasteiger partial charge in [0.1, 0.15) is 5.75 Å². The third-order valence-corrected chi connectivity index (χ3v) is 4.57.